The predicted octanol–water partition coefficient (Wildman–Crippen LogP) is 2.46. The summed E-state index contributed by atoms with van der Waals surface area (Å²) in [5.74, 6) is 0.690. The first-order valence-corrected chi connectivity index (χ1v) is 6.42. The molecule has 0 aliphatic heterocycles. The average Bonchev–Trinajstić information content (AvgIpc) is 2.58. The molecule has 92 valence electrons. The molecule has 1 aliphatic rings. The largest absolute Gasteiger partial charge is 0.354 e. The zero-order valence-corrected chi connectivity index (χ0v) is 10.5. The number of hydrogen-bond donors (Lipinski definition) is 1. The minimum absolute atomic E-state index is 0.690. The van der Waals surface area contributed by atoms with Gasteiger partial charge in [0.1, 0.15) is 0 Å². The van der Waals surface area contributed by atoms with E-state index in [0.717, 1.165) is 37.2 Å². The Morgan fingerprint density at radius 2 is 2.06 bits per heavy atom. The lowest BCUT2D eigenvalue weighted by atomic mass is 10.1. The van der Waals surface area contributed by atoms with E-state index in [1.54, 1.807) is 0 Å². The number of nitrogens with zero attached hydrogens (tertiary/aromatic N) is 3. The fourth-order valence-electron chi connectivity index (χ4n) is 2.36. The Labute approximate surface area is 107 Å². The van der Waals surface area contributed by atoms with Gasteiger partial charge in [0.15, 0.2) is 0 Å². The van der Waals surface area contributed by atoms with Crippen LogP contribution in [0.3, 0.4) is 0 Å². The van der Waals surface area contributed by atoms with E-state index in [2.05, 4.69) is 26.3 Å². The van der Waals surface area contributed by atoms with Crippen LogP contribution in [0.25, 0.3) is 11.4 Å². The topological polar surface area (TPSA) is 50.7 Å². The van der Waals surface area contributed by atoms with Crippen LogP contribution in [0.4, 0.5) is 5.95 Å². The minimum Gasteiger partial charge on any atom is -0.354 e. The number of aryl methyl sites for hydroxylation is 2. The summed E-state index contributed by atoms with van der Waals surface area (Å²) in [6.45, 7) is 2.87. The van der Waals surface area contributed by atoms with Gasteiger partial charge in [-0.05, 0) is 43.4 Å². The van der Waals surface area contributed by atoms with E-state index in [4.69, 9.17) is 0 Å². The van der Waals surface area contributed by atoms with Gasteiger partial charge in [-0.25, -0.2) is 9.97 Å². The smallest absolute Gasteiger partial charge is 0.223 e. The molecule has 2 aromatic rings. The maximum atomic E-state index is 4.62. The number of hydrogen-bond acceptors (Lipinski definition) is 4. The quantitative estimate of drug-likeness (QED) is 0.876. The van der Waals surface area contributed by atoms with Gasteiger partial charge in [0.2, 0.25) is 5.95 Å². The highest BCUT2D eigenvalue weighted by Gasteiger charge is 2.17. The SMILES string of the molecule is CCNc1ncc2c(n1)-c1ncccc1CCC2. The molecule has 0 amide bonds. The van der Waals surface area contributed by atoms with E-state index >= 15 is 0 Å². The molecule has 0 unspecified atom stereocenters. The standard InChI is InChI=1S/C14H16N4/c1-2-15-14-17-9-11-6-3-5-10-7-4-8-16-12(10)13(11)18-14/h4,7-9H,2-3,5-6H2,1H3,(H,15,17,18). The van der Waals surface area contributed by atoms with Crippen molar-refractivity contribution in [3.63, 3.8) is 0 Å². The molecule has 18 heavy (non-hydrogen) atoms. The van der Waals surface area contributed by atoms with Crippen molar-refractivity contribution in [2.45, 2.75) is 26.2 Å². The van der Waals surface area contributed by atoms with Crippen LogP contribution in [-0.4, -0.2) is 21.5 Å². The van der Waals surface area contributed by atoms with Crippen molar-refractivity contribution in [2.75, 3.05) is 11.9 Å². The van der Waals surface area contributed by atoms with Crippen LogP contribution in [0.15, 0.2) is 24.5 Å². The summed E-state index contributed by atoms with van der Waals surface area (Å²) >= 11 is 0. The van der Waals surface area contributed by atoms with E-state index in [1.165, 1.54) is 11.1 Å². The summed E-state index contributed by atoms with van der Waals surface area (Å²) in [6.07, 6.45) is 7.00. The van der Waals surface area contributed by atoms with Crippen molar-refractivity contribution < 1.29 is 0 Å². The molecule has 4 nitrogen and oxygen atoms in total. The third-order valence-corrected chi connectivity index (χ3v) is 3.21. The molecule has 0 spiro atoms. The molecule has 2 heterocycles. The van der Waals surface area contributed by atoms with Gasteiger partial charge in [-0.15, -0.1) is 0 Å². The van der Waals surface area contributed by atoms with Crippen LogP contribution in [0, 0.1) is 0 Å². The highest BCUT2D eigenvalue weighted by atomic mass is 15.1. The molecular weight excluding hydrogens is 224 g/mol. The monoisotopic (exact) mass is 240 g/mol. The van der Waals surface area contributed by atoms with Crippen molar-refractivity contribution in [1.29, 1.82) is 0 Å². The number of fused-ring (bicyclic) bond motifs is 3. The third kappa shape index (κ3) is 1.94. The summed E-state index contributed by atoms with van der Waals surface area (Å²) in [7, 11) is 0. The van der Waals surface area contributed by atoms with E-state index in [1.807, 2.05) is 25.4 Å². The zero-order valence-electron chi connectivity index (χ0n) is 10.5. The molecule has 0 aromatic carbocycles. The molecule has 4 heteroatoms. The summed E-state index contributed by atoms with van der Waals surface area (Å²) in [5.41, 5.74) is 4.51. The van der Waals surface area contributed by atoms with Crippen molar-refractivity contribution in [3.8, 4) is 11.4 Å². The van der Waals surface area contributed by atoms with E-state index < -0.39 is 0 Å². The van der Waals surface area contributed by atoms with Crippen molar-refractivity contribution >= 4 is 5.95 Å². The molecule has 0 saturated carbocycles. The van der Waals surface area contributed by atoms with Crippen LogP contribution < -0.4 is 5.32 Å². The molecular formula is C14H16N4. The molecule has 0 fully saturated rings. The Hall–Kier alpha value is -1.97. The lowest BCUT2D eigenvalue weighted by molar-refractivity contribution is 0.828. The Morgan fingerprint density at radius 1 is 1.17 bits per heavy atom. The zero-order chi connectivity index (χ0) is 12.4. The molecule has 0 saturated heterocycles. The first-order valence-electron chi connectivity index (χ1n) is 6.42. The van der Waals surface area contributed by atoms with E-state index in [-0.39, 0.29) is 0 Å². The molecule has 0 atom stereocenters. The second-order valence-electron chi connectivity index (χ2n) is 4.46. The van der Waals surface area contributed by atoms with Gasteiger partial charge in [-0.3, -0.25) is 4.98 Å². The van der Waals surface area contributed by atoms with Crippen LogP contribution in [0.5, 0.6) is 0 Å². The van der Waals surface area contributed by atoms with Gasteiger partial charge in [-0.1, -0.05) is 6.07 Å². The normalized spacial score (nSPS) is 13.4. The Balaban J connectivity index is 2.14. The summed E-state index contributed by atoms with van der Waals surface area (Å²) in [4.78, 5) is 13.5. The number of anilines is 1. The number of aromatic nitrogens is 3. The first kappa shape index (κ1) is 11.1. The molecule has 3 rings (SSSR count). The maximum Gasteiger partial charge on any atom is 0.223 e. The van der Waals surface area contributed by atoms with Crippen LogP contribution in [0.1, 0.15) is 24.5 Å². The van der Waals surface area contributed by atoms with Gasteiger partial charge in [-0.2, -0.15) is 0 Å². The summed E-state index contributed by atoms with van der Waals surface area (Å²) in [6, 6.07) is 4.14. The highest BCUT2D eigenvalue weighted by Crippen LogP contribution is 2.29. The number of nitrogens with one attached hydrogen (secondary N) is 1. The highest BCUT2D eigenvalue weighted by molar-refractivity contribution is 5.64. The second kappa shape index (κ2) is 4.72. The van der Waals surface area contributed by atoms with Gasteiger partial charge in [0.25, 0.3) is 0 Å². The fourth-order valence-corrected chi connectivity index (χ4v) is 2.36. The van der Waals surface area contributed by atoms with Crippen LogP contribution in [-0.2, 0) is 12.8 Å². The van der Waals surface area contributed by atoms with Crippen molar-refractivity contribution in [2.24, 2.45) is 0 Å². The molecule has 0 bridgehead atoms. The first-order chi connectivity index (χ1) is 8.88. The Bertz CT molecular complexity index is 565. The average molecular weight is 240 g/mol. The molecule has 0 radical (unpaired) electrons. The molecule has 1 aliphatic carbocycles. The summed E-state index contributed by atoms with van der Waals surface area (Å²) in [5, 5.41) is 3.16. The number of rotatable bonds is 2. The van der Waals surface area contributed by atoms with E-state index in [0.29, 0.717) is 5.95 Å². The second-order valence-corrected chi connectivity index (χ2v) is 4.46. The Morgan fingerprint density at radius 3 is 2.94 bits per heavy atom. The lowest BCUT2D eigenvalue weighted by Crippen LogP contribution is -2.05. The van der Waals surface area contributed by atoms with Crippen LogP contribution >= 0.6 is 0 Å². The van der Waals surface area contributed by atoms with Gasteiger partial charge in [0.05, 0.1) is 11.4 Å². The summed E-state index contributed by atoms with van der Waals surface area (Å²) < 4.78 is 0. The van der Waals surface area contributed by atoms with Gasteiger partial charge < -0.3 is 5.32 Å². The third-order valence-electron chi connectivity index (χ3n) is 3.21. The fraction of sp³-hybridized carbons (Fsp3) is 0.357. The van der Waals surface area contributed by atoms with Crippen molar-refractivity contribution in [1.82, 2.24) is 15.0 Å². The predicted molar refractivity (Wildman–Crippen MR) is 71.5 cm³/mol. The number of pyridine rings is 1. The van der Waals surface area contributed by atoms with Crippen molar-refractivity contribution in [3.05, 3.63) is 35.7 Å². The minimum atomic E-state index is 0.690. The molecule has 2 aromatic heterocycles. The Kier molecular flexibility index (Phi) is 2.92. The van der Waals surface area contributed by atoms with Gasteiger partial charge >= 0.3 is 0 Å². The van der Waals surface area contributed by atoms with Crippen LogP contribution in [0.2, 0.25) is 0 Å². The maximum absolute atomic E-state index is 4.62. The van der Waals surface area contributed by atoms with E-state index in [9.17, 15) is 0 Å². The van der Waals surface area contributed by atoms with Gasteiger partial charge in [0, 0.05) is 18.9 Å². The molecule has 1 N–H and O–H groups in total. The lowest BCUT2D eigenvalue weighted by Gasteiger charge is -2.09.